The monoisotopic (exact) mass is 253 g/mol. The minimum absolute atomic E-state index is 0.251. The molecule has 0 amide bonds. The Kier molecular flexibility index (Phi) is 3.55. The van der Waals surface area contributed by atoms with Crippen LogP contribution in [0.5, 0.6) is 5.75 Å². The highest BCUT2D eigenvalue weighted by molar-refractivity contribution is 7.15. The van der Waals surface area contributed by atoms with Gasteiger partial charge in [0, 0.05) is 6.20 Å². The van der Waals surface area contributed by atoms with Crippen molar-refractivity contribution in [3.63, 3.8) is 0 Å². The van der Waals surface area contributed by atoms with Crippen LogP contribution in [0.15, 0.2) is 24.4 Å². The van der Waals surface area contributed by atoms with Crippen molar-refractivity contribution in [2.45, 2.75) is 13.5 Å². The van der Waals surface area contributed by atoms with E-state index in [-0.39, 0.29) is 18.2 Å². The summed E-state index contributed by atoms with van der Waals surface area (Å²) in [6.45, 7) is 2.16. The quantitative estimate of drug-likeness (QED) is 0.649. The van der Waals surface area contributed by atoms with Gasteiger partial charge in [0.05, 0.1) is 4.88 Å². The number of hydrazine groups is 1. The van der Waals surface area contributed by atoms with Crippen molar-refractivity contribution in [3.05, 3.63) is 40.7 Å². The summed E-state index contributed by atoms with van der Waals surface area (Å²) in [4.78, 5) is 4.87. The molecule has 0 bridgehead atoms. The van der Waals surface area contributed by atoms with Crippen molar-refractivity contribution in [2.24, 2.45) is 5.84 Å². The van der Waals surface area contributed by atoms with Crippen LogP contribution in [0.4, 0.5) is 9.52 Å². The zero-order valence-electron chi connectivity index (χ0n) is 9.24. The molecule has 0 atom stereocenters. The molecule has 4 nitrogen and oxygen atoms in total. The number of halogens is 1. The van der Waals surface area contributed by atoms with Crippen molar-refractivity contribution >= 4 is 16.5 Å². The smallest absolute Gasteiger partial charge is 0.197 e. The molecule has 0 spiro atoms. The van der Waals surface area contributed by atoms with Crippen LogP contribution in [0.25, 0.3) is 0 Å². The fourth-order valence-corrected chi connectivity index (χ4v) is 1.95. The van der Waals surface area contributed by atoms with E-state index in [4.69, 9.17) is 10.6 Å². The van der Waals surface area contributed by atoms with Crippen LogP contribution in [-0.2, 0) is 6.61 Å². The van der Waals surface area contributed by atoms with Crippen LogP contribution in [0.3, 0.4) is 0 Å². The molecule has 3 N–H and O–H groups in total. The molecule has 2 aromatic rings. The second-order valence-electron chi connectivity index (χ2n) is 3.50. The highest BCUT2D eigenvalue weighted by atomic mass is 32.1. The molecule has 0 fully saturated rings. The lowest BCUT2D eigenvalue weighted by atomic mass is 10.2. The normalized spacial score (nSPS) is 10.3. The molecule has 1 aromatic heterocycles. The third kappa shape index (κ3) is 2.92. The number of rotatable bonds is 4. The van der Waals surface area contributed by atoms with Gasteiger partial charge in [0.15, 0.2) is 16.7 Å². The first-order valence-electron chi connectivity index (χ1n) is 4.99. The predicted octanol–water partition coefficient (Wildman–Crippen LogP) is 2.46. The molecule has 2 rings (SSSR count). The Morgan fingerprint density at radius 3 is 3.06 bits per heavy atom. The predicted molar refractivity (Wildman–Crippen MR) is 65.4 cm³/mol. The maximum absolute atomic E-state index is 13.4. The van der Waals surface area contributed by atoms with Gasteiger partial charge in [-0.05, 0) is 24.6 Å². The van der Waals surface area contributed by atoms with Gasteiger partial charge in [0.1, 0.15) is 6.61 Å². The van der Waals surface area contributed by atoms with Gasteiger partial charge in [-0.15, -0.1) is 0 Å². The summed E-state index contributed by atoms with van der Waals surface area (Å²) >= 11 is 1.37. The number of nitrogens with two attached hydrogens (primary N) is 1. The van der Waals surface area contributed by atoms with Gasteiger partial charge in [0.25, 0.3) is 0 Å². The average Bonchev–Trinajstić information content (AvgIpc) is 2.78. The van der Waals surface area contributed by atoms with E-state index in [0.717, 1.165) is 10.4 Å². The van der Waals surface area contributed by atoms with Gasteiger partial charge in [0.2, 0.25) is 0 Å². The molecule has 0 aliphatic carbocycles. The van der Waals surface area contributed by atoms with E-state index in [9.17, 15) is 4.39 Å². The highest BCUT2D eigenvalue weighted by Crippen LogP contribution is 2.22. The van der Waals surface area contributed by atoms with Crippen LogP contribution in [0.2, 0.25) is 0 Å². The minimum atomic E-state index is -0.364. The number of aromatic nitrogens is 1. The Morgan fingerprint density at radius 1 is 1.53 bits per heavy atom. The van der Waals surface area contributed by atoms with Crippen LogP contribution < -0.4 is 16.0 Å². The number of benzene rings is 1. The number of nitrogen functional groups attached to an aromatic ring is 1. The Bertz CT molecular complexity index is 515. The summed E-state index contributed by atoms with van der Waals surface area (Å²) in [6.07, 6.45) is 1.65. The Hall–Kier alpha value is -1.66. The fraction of sp³-hybridized carbons (Fsp3) is 0.182. The number of aryl methyl sites for hydroxylation is 1. The number of nitrogens with zero attached hydrogens (tertiary/aromatic N) is 1. The molecule has 0 aliphatic rings. The number of nitrogens with one attached hydrogen (secondary N) is 1. The first-order valence-corrected chi connectivity index (χ1v) is 5.81. The van der Waals surface area contributed by atoms with Gasteiger partial charge in [-0.1, -0.05) is 17.4 Å². The van der Waals surface area contributed by atoms with Gasteiger partial charge >= 0.3 is 0 Å². The molecule has 90 valence electrons. The molecule has 0 unspecified atom stereocenters. The van der Waals surface area contributed by atoms with Gasteiger partial charge < -0.3 is 4.74 Å². The zero-order chi connectivity index (χ0) is 12.3. The summed E-state index contributed by atoms with van der Waals surface area (Å²) in [6, 6.07) is 4.76. The molecule has 0 saturated heterocycles. The number of hydrogen-bond donors (Lipinski definition) is 2. The van der Waals surface area contributed by atoms with E-state index >= 15 is 0 Å². The molecule has 0 radical (unpaired) electrons. The topological polar surface area (TPSA) is 60.2 Å². The molecular weight excluding hydrogens is 241 g/mol. The maximum atomic E-state index is 13.4. The van der Waals surface area contributed by atoms with Gasteiger partial charge in [-0.2, -0.15) is 0 Å². The largest absolute Gasteiger partial charge is 0.485 e. The first-order chi connectivity index (χ1) is 8.19. The van der Waals surface area contributed by atoms with Gasteiger partial charge in [-0.25, -0.2) is 15.2 Å². The minimum Gasteiger partial charge on any atom is -0.485 e. The van der Waals surface area contributed by atoms with E-state index in [0.29, 0.717) is 5.13 Å². The van der Waals surface area contributed by atoms with E-state index in [2.05, 4.69) is 10.4 Å². The Morgan fingerprint density at radius 2 is 2.35 bits per heavy atom. The van der Waals surface area contributed by atoms with Crippen molar-refractivity contribution < 1.29 is 9.13 Å². The summed E-state index contributed by atoms with van der Waals surface area (Å²) in [7, 11) is 0. The SMILES string of the molecule is Cc1ccc(F)c(OCc2cnc(NN)s2)c1. The van der Waals surface area contributed by atoms with E-state index in [1.807, 2.05) is 6.92 Å². The molecule has 0 saturated carbocycles. The molecule has 1 heterocycles. The van der Waals surface area contributed by atoms with Crippen molar-refractivity contribution in [1.29, 1.82) is 0 Å². The van der Waals surface area contributed by atoms with E-state index in [1.54, 1.807) is 18.3 Å². The van der Waals surface area contributed by atoms with Gasteiger partial charge in [-0.3, -0.25) is 5.43 Å². The summed E-state index contributed by atoms with van der Waals surface area (Å²) in [5, 5.41) is 0.605. The second-order valence-corrected chi connectivity index (χ2v) is 4.61. The lowest BCUT2D eigenvalue weighted by molar-refractivity contribution is 0.293. The van der Waals surface area contributed by atoms with Crippen molar-refractivity contribution in [1.82, 2.24) is 4.98 Å². The molecular formula is C11H12FN3OS. The first kappa shape index (κ1) is 11.8. The highest BCUT2D eigenvalue weighted by Gasteiger charge is 2.05. The molecule has 0 aliphatic heterocycles. The van der Waals surface area contributed by atoms with E-state index < -0.39 is 0 Å². The molecule has 17 heavy (non-hydrogen) atoms. The number of hydrogen-bond acceptors (Lipinski definition) is 5. The summed E-state index contributed by atoms with van der Waals surface area (Å²) in [5.41, 5.74) is 3.40. The second kappa shape index (κ2) is 5.11. The lowest BCUT2D eigenvalue weighted by Gasteiger charge is -2.06. The number of anilines is 1. The van der Waals surface area contributed by atoms with Crippen LogP contribution in [-0.4, -0.2) is 4.98 Å². The summed E-state index contributed by atoms with van der Waals surface area (Å²) in [5.74, 6) is 5.10. The van der Waals surface area contributed by atoms with Crippen LogP contribution in [0, 0.1) is 12.7 Å². The number of ether oxygens (including phenoxy) is 1. The maximum Gasteiger partial charge on any atom is 0.197 e. The Labute approximate surface area is 102 Å². The standard InChI is InChI=1S/C11H12FN3OS/c1-7-2-3-9(12)10(4-7)16-6-8-5-14-11(15-13)17-8/h2-5H,6,13H2,1H3,(H,14,15). The third-order valence-electron chi connectivity index (χ3n) is 2.13. The lowest BCUT2D eigenvalue weighted by Crippen LogP contribution is -2.05. The third-order valence-corrected chi connectivity index (χ3v) is 3.04. The zero-order valence-corrected chi connectivity index (χ0v) is 10.1. The number of thiazole rings is 1. The average molecular weight is 253 g/mol. The molecule has 1 aromatic carbocycles. The van der Waals surface area contributed by atoms with Crippen molar-refractivity contribution in [2.75, 3.05) is 5.43 Å². The van der Waals surface area contributed by atoms with Crippen LogP contribution >= 0.6 is 11.3 Å². The van der Waals surface area contributed by atoms with Crippen LogP contribution in [0.1, 0.15) is 10.4 Å². The summed E-state index contributed by atoms with van der Waals surface area (Å²) < 4.78 is 18.8. The van der Waals surface area contributed by atoms with Crippen molar-refractivity contribution in [3.8, 4) is 5.75 Å². The fourth-order valence-electron chi connectivity index (χ4n) is 1.31. The van der Waals surface area contributed by atoms with E-state index in [1.165, 1.54) is 17.4 Å². The molecule has 6 heteroatoms. The Balaban J connectivity index is 2.04.